The largest absolute Gasteiger partial charge is 0.469 e. The summed E-state index contributed by atoms with van der Waals surface area (Å²) in [7, 11) is 2.98. The second-order valence-electron chi connectivity index (χ2n) is 3.52. The summed E-state index contributed by atoms with van der Waals surface area (Å²) >= 11 is 0. The minimum atomic E-state index is -0.348. The van der Waals surface area contributed by atoms with Gasteiger partial charge in [0.1, 0.15) is 0 Å². The van der Waals surface area contributed by atoms with Gasteiger partial charge in [-0.05, 0) is 11.1 Å². The number of carbonyl (C=O) groups is 1. The number of hydrogen-bond donors (Lipinski definition) is 1. The Morgan fingerprint density at radius 1 is 1.38 bits per heavy atom. The van der Waals surface area contributed by atoms with Gasteiger partial charge in [0, 0.05) is 13.2 Å². The van der Waals surface area contributed by atoms with E-state index >= 15 is 0 Å². The van der Waals surface area contributed by atoms with Gasteiger partial charge in [0.15, 0.2) is 0 Å². The van der Waals surface area contributed by atoms with Crippen LogP contribution in [-0.2, 0) is 20.9 Å². The van der Waals surface area contributed by atoms with Gasteiger partial charge in [-0.3, -0.25) is 4.79 Å². The molecule has 4 heteroatoms. The Bertz CT molecular complexity index is 352. The summed E-state index contributed by atoms with van der Waals surface area (Å²) in [5.41, 5.74) is 7.87. The molecule has 0 saturated carbocycles. The Kier molecular flexibility index (Phi) is 4.95. The van der Waals surface area contributed by atoms with Gasteiger partial charge in [-0.1, -0.05) is 24.3 Å². The van der Waals surface area contributed by atoms with Crippen molar-refractivity contribution in [3.63, 3.8) is 0 Å². The normalized spacial score (nSPS) is 12.2. The summed E-state index contributed by atoms with van der Waals surface area (Å²) in [5.74, 6) is -0.306. The number of ether oxygens (including phenoxy) is 2. The molecular formula is C12H17NO3. The van der Waals surface area contributed by atoms with Crippen molar-refractivity contribution in [1.82, 2.24) is 0 Å². The fourth-order valence-corrected chi connectivity index (χ4v) is 1.56. The van der Waals surface area contributed by atoms with Crippen LogP contribution >= 0.6 is 0 Å². The van der Waals surface area contributed by atoms with Crippen LogP contribution in [0.5, 0.6) is 0 Å². The first-order chi connectivity index (χ1) is 7.69. The maximum atomic E-state index is 11.1. The van der Waals surface area contributed by atoms with E-state index in [1.807, 2.05) is 24.3 Å². The standard InChI is InChI=1S/C12H17NO3/c1-15-8-9-5-3-4-6-10(9)11(13)7-12(14)16-2/h3-6,11H,7-8,13H2,1-2H3. The van der Waals surface area contributed by atoms with Crippen LogP contribution in [0.3, 0.4) is 0 Å². The van der Waals surface area contributed by atoms with E-state index in [2.05, 4.69) is 4.74 Å². The highest BCUT2D eigenvalue weighted by Crippen LogP contribution is 2.19. The Morgan fingerprint density at radius 3 is 2.69 bits per heavy atom. The van der Waals surface area contributed by atoms with Crippen LogP contribution in [0, 0.1) is 0 Å². The minimum absolute atomic E-state index is 0.178. The summed E-state index contributed by atoms with van der Waals surface area (Å²) < 4.78 is 9.67. The number of hydrogen-bond acceptors (Lipinski definition) is 4. The highest BCUT2D eigenvalue weighted by molar-refractivity contribution is 5.70. The summed E-state index contributed by atoms with van der Waals surface area (Å²) in [4.78, 5) is 11.1. The lowest BCUT2D eigenvalue weighted by molar-refractivity contribution is -0.141. The van der Waals surface area contributed by atoms with E-state index in [-0.39, 0.29) is 18.4 Å². The molecule has 0 aliphatic rings. The number of carbonyl (C=O) groups excluding carboxylic acids is 1. The molecule has 0 radical (unpaired) electrons. The minimum Gasteiger partial charge on any atom is -0.469 e. The Hall–Kier alpha value is -1.39. The second-order valence-corrected chi connectivity index (χ2v) is 3.52. The van der Waals surface area contributed by atoms with Crippen molar-refractivity contribution >= 4 is 5.97 Å². The molecular weight excluding hydrogens is 206 g/mol. The predicted octanol–water partition coefficient (Wildman–Crippen LogP) is 1.40. The maximum Gasteiger partial charge on any atom is 0.307 e. The Labute approximate surface area is 95.3 Å². The smallest absolute Gasteiger partial charge is 0.307 e. The molecule has 0 aliphatic heterocycles. The van der Waals surface area contributed by atoms with Gasteiger partial charge in [-0.25, -0.2) is 0 Å². The van der Waals surface area contributed by atoms with Crippen molar-refractivity contribution in [2.24, 2.45) is 5.73 Å². The first-order valence-corrected chi connectivity index (χ1v) is 5.08. The SMILES string of the molecule is COCc1ccccc1C(N)CC(=O)OC. The van der Waals surface area contributed by atoms with Crippen LogP contribution in [-0.4, -0.2) is 20.2 Å². The van der Waals surface area contributed by atoms with Crippen LogP contribution in [0.4, 0.5) is 0 Å². The van der Waals surface area contributed by atoms with E-state index in [9.17, 15) is 4.79 Å². The maximum absolute atomic E-state index is 11.1. The van der Waals surface area contributed by atoms with E-state index in [1.165, 1.54) is 7.11 Å². The zero-order valence-electron chi connectivity index (χ0n) is 9.60. The topological polar surface area (TPSA) is 61.5 Å². The van der Waals surface area contributed by atoms with E-state index in [1.54, 1.807) is 7.11 Å². The van der Waals surface area contributed by atoms with Crippen molar-refractivity contribution in [1.29, 1.82) is 0 Å². The molecule has 1 rings (SSSR count). The number of methoxy groups -OCH3 is 2. The lowest BCUT2D eigenvalue weighted by atomic mass is 9.99. The third kappa shape index (κ3) is 3.32. The monoisotopic (exact) mass is 223 g/mol. The fourth-order valence-electron chi connectivity index (χ4n) is 1.56. The predicted molar refractivity (Wildman–Crippen MR) is 60.7 cm³/mol. The molecule has 1 aromatic carbocycles. The molecule has 0 aliphatic carbocycles. The highest BCUT2D eigenvalue weighted by Gasteiger charge is 2.14. The first-order valence-electron chi connectivity index (χ1n) is 5.08. The van der Waals surface area contributed by atoms with E-state index in [0.29, 0.717) is 6.61 Å². The molecule has 1 aromatic rings. The molecule has 1 atom stereocenters. The summed E-state index contributed by atoms with van der Waals surface area (Å²) in [5, 5.41) is 0. The molecule has 2 N–H and O–H groups in total. The van der Waals surface area contributed by atoms with E-state index < -0.39 is 0 Å². The summed E-state index contributed by atoms with van der Waals surface area (Å²) in [6.45, 7) is 0.491. The third-order valence-electron chi connectivity index (χ3n) is 2.37. The van der Waals surface area contributed by atoms with Gasteiger partial charge >= 0.3 is 5.97 Å². The van der Waals surface area contributed by atoms with Gasteiger partial charge in [-0.15, -0.1) is 0 Å². The lowest BCUT2D eigenvalue weighted by Crippen LogP contribution is -2.18. The average molecular weight is 223 g/mol. The van der Waals surface area contributed by atoms with E-state index in [0.717, 1.165) is 11.1 Å². The first kappa shape index (κ1) is 12.7. The summed E-state index contributed by atoms with van der Waals surface area (Å²) in [6.07, 6.45) is 0.178. The molecule has 0 aromatic heterocycles. The third-order valence-corrected chi connectivity index (χ3v) is 2.37. The lowest BCUT2D eigenvalue weighted by Gasteiger charge is -2.14. The van der Waals surface area contributed by atoms with E-state index in [4.69, 9.17) is 10.5 Å². The van der Waals surface area contributed by atoms with Crippen molar-refractivity contribution in [3.8, 4) is 0 Å². The molecule has 0 saturated heterocycles. The average Bonchev–Trinajstić information content (AvgIpc) is 2.30. The van der Waals surface area contributed by atoms with Gasteiger partial charge in [0.25, 0.3) is 0 Å². The number of nitrogens with two attached hydrogens (primary N) is 1. The highest BCUT2D eigenvalue weighted by atomic mass is 16.5. The van der Waals surface area contributed by atoms with Crippen molar-refractivity contribution in [2.75, 3.05) is 14.2 Å². The van der Waals surface area contributed by atoms with Crippen molar-refractivity contribution in [3.05, 3.63) is 35.4 Å². The van der Waals surface area contributed by atoms with Gasteiger partial charge in [0.05, 0.1) is 20.1 Å². The molecule has 88 valence electrons. The van der Waals surface area contributed by atoms with Crippen LogP contribution in [0.2, 0.25) is 0 Å². The molecule has 4 nitrogen and oxygen atoms in total. The van der Waals surface area contributed by atoms with Crippen molar-refractivity contribution < 1.29 is 14.3 Å². The van der Waals surface area contributed by atoms with Gasteiger partial charge < -0.3 is 15.2 Å². The van der Waals surface area contributed by atoms with Gasteiger partial charge in [0.2, 0.25) is 0 Å². The molecule has 0 amide bonds. The summed E-state index contributed by atoms with van der Waals surface area (Å²) in [6, 6.07) is 7.31. The molecule has 0 bridgehead atoms. The molecule has 16 heavy (non-hydrogen) atoms. The Balaban J connectivity index is 2.81. The number of rotatable bonds is 5. The van der Waals surface area contributed by atoms with Crippen LogP contribution < -0.4 is 5.73 Å². The van der Waals surface area contributed by atoms with Crippen LogP contribution in [0.1, 0.15) is 23.6 Å². The quantitative estimate of drug-likeness (QED) is 0.766. The number of esters is 1. The molecule has 1 unspecified atom stereocenters. The van der Waals surface area contributed by atoms with Crippen LogP contribution in [0.15, 0.2) is 24.3 Å². The van der Waals surface area contributed by atoms with Crippen LogP contribution in [0.25, 0.3) is 0 Å². The zero-order chi connectivity index (χ0) is 12.0. The van der Waals surface area contributed by atoms with Gasteiger partial charge in [-0.2, -0.15) is 0 Å². The zero-order valence-corrected chi connectivity index (χ0v) is 9.60. The number of benzene rings is 1. The molecule has 0 fully saturated rings. The Morgan fingerprint density at radius 2 is 2.06 bits per heavy atom. The fraction of sp³-hybridized carbons (Fsp3) is 0.417. The molecule has 0 spiro atoms. The molecule has 0 heterocycles. The second kappa shape index (κ2) is 6.25. The van der Waals surface area contributed by atoms with Crippen molar-refractivity contribution in [2.45, 2.75) is 19.1 Å².